The Balaban J connectivity index is 3.08. The van der Waals surface area contributed by atoms with Gasteiger partial charge in [0.1, 0.15) is 6.33 Å². The van der Waals surface area contributed by atoms with Crippen LogP contribution in [-0.2, 0) is 0 Å². The van der Waals surface area contributed by atoms with E-state index in [0.29, 0.717) is 5.95 Å². The zero-order valence-electron chi connectivity index (χ0n) is 4.88. The molecule has 0 bridgehead atoms. The Hall–Kier alpha value is -1.39. The Bertz CT molecular complexity index is 242. The molecule has 0 aliphatic carbocycles. The predicted octanol–water partition coefficient (Wildman–Crippen LogP) is -0.793. The highest BCUT2D eigenvalue weighted by Gasteiger charge is 1.86. The number of aromatic nitrogens is 3. The highest BCUT2D eigenvalue weighted by atomic mass is 16.1. The molecule has 0 atom stereocenters. The molecule has 0 saturated carbocycles. The molecular formula is C4H6N4O. The lowest BCUT2D eigenvalue weighted by Crippen LogP contribution is -2.12. The van der Waals surface area contributed by atoms with Crippen molar-refractivity contribution in [3.63, 3.8) is 0 Å². The second-order valence-electron chi connectivity index (χ2n) is 1.40. The summed E-state index contributed by atoms with van der Waals surface area (Å²) in [6.07, 6.45) is 1.20. The average molecular weight is 126 g/mol. The molecule has 1 rings (SSSR count). The minimum atomic E-state index is -0.394. The smallest absolute Gasteiger partial charge is 0.349 e. The number of nitrogens with zero attached hydrogens (tertiary/aromatic N) is 2. The van der Waals surface area contributed by atoms with Crippen LogP contribution in [0.3, 0.4) is 0 Å². The molecule has 0 aliphatic rings. The van der Waals surface area contributed by atoms with E-state index in [1.807, 2.05) is 0 Å². The fourth-order valence-corrected chi connectivity index (χ4v) is 0.432. The first kappa shape index (κ1) is 5.74. The highest BCUT2D eigenvalue weighted by Crippen LogP contribution is 1.82. The van der Waals surface area contributed by atoms with Gasteiger partial charge in [-0.05, 0) is 0 Å². The Morgan fingerprint density at radius 1 is 1.67 bits per heavy atom. The lowest BCUT2D eigenvalue weighted by molar-refractivity contribution is 0.987. The molecule has 0 saturated heterocycles. The Labute approximate surface area is 51.2 Å². The fourth-order valence-electron chi connectivity index (χ4n) is 0.432. The maximum Gasteiger partial charge on any atom is 0.349 e. The van der Waals surface area contributed by atoms with Gasteiger partial charge in [0.15, 0.2) is 0 Å². The van der Waals surface area contributed by atoms with Gasteiger partial charge in [-0.3, -0.25) is 4.98 Å². The molecule has 0 aliphatic heterocycles. The van der Waals surface area contributed by atoms with Crippen molar-refractivity contribution in [3.8, 4) is 0 Å². The Morgan fingerprint density at radius 2 is 2.44 bits per heavy atom. The maximum atomic E-state index is 10.4. The van der Waals surface area contributed by atoms with Gasteiger partial charge in [0, 0.05) is 7.05 Å². The van der Waals surface area contributed by atoms with E-state index in [-0.39, 0.29) is 0 Å². The first-order valence-corrected chi connectivity index (χ1v) is 2.42. The van der Waals surface area contributed by atoms with Gasteiger partial charge in [0.05, 0.1) is 0 Å². The minimum Gasteiger partial charge on any atom is -0.359 e. The van der Waals surface area contributed by atoms with Gasteiger partial charge in [-0.15, -0.1) is 0 Å². The number of rotatable bonds is 1. The van der Waals surface area contributed by atoms with Gasteiger partial charge in [0.25, 0.3) is 0 Å². The van der Waals surface area contributed by atoms with E-state index in [0.717, 1.165) is 0 Å². The molecule has 0 unspecified atom stereocenters. The van der Waals surface area contributed by atoms with Crippen molar-refractivity contribution in [2.24, 2.45) is 0 Å². The SMILES string of the molecule is CNc1ncnc(=O)[nH]1. The van der Waals surface area contributed by atoms with Crippen molar-refractivity contribution in [1.29, 1.82) is 0 Å². The van der Waals surface area contributed by atoms with Crippen molar-refractivity contribution in [2.75, 3.05) is 12.4 Å². The van der Waals surface area contributed by atoms with Crippen molar-refractivity contribution in [3.05, 3.63) is 16.8 Å². The van der Waals surface area contributed by atoms with Gasteiger partial charge in [0.2, 0.25) is 5.95 Å². The molecule has 1 aromatic heterocycles. The lowest BCUT2D eigenvalue weighted by Gasteiger charge is -1.92. The molecule has 9 heavy (non-hydrogen) atoms. The number of nitrogens with one attached hydrogen (secondary N) is 2. The van der Waals surface area contributed by atoms with E-state index in [9.17, 15) is 4.79 Å². The summed E-state index contributed by atoms with van der Waals surface area (Å²) >= 11 is 0. The molecular weight excluding hydrogens is 120 g/mol. The molecule has 5 nitrogen and oxygen atoms in total. The molecule has 0 spiro atoms. The van der Waals surface area contributed by atoms with E-state index >= 15 is 0 Å². The third-order valence-electron chi connectivity index (χ3n) is 0.824. The Kier molecular flexibility index (Phi) is 1.44. The molecule has 1 heterocycles. The largest absolute Gasteiger partial charge is 0.359 e. The summed E-state index contributed by atoms with van der Waals surface area (Å²) in [6.45, 7) is 0. The number of aromatic amines is 1. The standard InChI is InChI=1S/C4H6N4O/c1-5-3-6-2-7-4(9)8-3/h2H,1H3,(H2,5,6,7,8,9). The summed E-state index contributed by atoms with van der Waals surface area (Å²) in [5.74, 6) is 0.426. The second-order valence-corrected chi connectivity index (χ2v) is 1.40. The second kappa shape index (κ2) is 2.25. The van der Waals surface area contributed by atoms with Crippen LogP contribution in [-0.4, -0.2) is 22.0 Å². The van der Waals surface area contributed by atoms with Crippen molar-refractivity contribution in [1.82, 2.24) is 15.0 Å². The first-order valence-electron chi connectivity index (χ1n) is 2.42. The molecule has 48 valence electrons. The van der Waals surface area contributed by atoms with Crippen molar-refractivity contribution in [2.45, 2.75) is 0 Å². The zero-order chi connectivity index (χ0) is 6.69. The number of H-pyrrole nitrogens is 1. The molecule has 0 amide bonds. The molecule has 0 aromatic carbocycles. The highest BCUT2D eigenvalue weighted by molar-refractivity contribution is 5.18. The van der Waals surface area contributed by atoms with Crippen LogP contribution in [0.15, 0.2) is 11.1 Å². The summed E-state index contributed by atoms with van der Waals surface area (Å²) < 4.78 is 0. The topological polar surface area (TPSA) is 70.7 Å². The van der Waals surface area contributed by atoms with Crippen molar-refractivity contribution < 1.29 is 0 Å². The summed E-state index contributed by atoms with van der Waals surface area (Å²) in [4.78, 5) is 19.8. The third-order valence-corrected chi connectivity index (χ3v) is 0.824. The monoisotopic (exact) mass is 126 g/mol. The quantitative estimate of drug-likeness (QED) is 0.517. The Morgan fingerprint density at radius 3 is 2.89 bits per heavy atom. The van der Waals surface area contributed by atoms with Crippen LogP contribution < -0.4 is 11.0 Å². The van der Waals surface area contributed by atoms with E-state index < -0.39 is 5.69 Å². The maximum absolute atomic E-state index is 10.4. The van der Waals surface area contributed by atoms with Crippen LogP contribution in [0, 0.1) is 0 Å². The van der Waals surface area contributed by atoms with Gasteiger partial charge >= 0.3 is 5.69 Å². The minimum absolute atomic E-state index is 0.394. The molecule has 0 fully saturated rings. The van der Waals surface area contributed by atoms with E-state index in [4.69, 9.17) is 0 Å². The van der Waals surface area contributed by atoms with E-state index in [2.05, 4.69) is 20.3 Å². The van der Waals surface area contributed by atoms with E-state index in [1.54, 1.807) is 7.05 Å². The summed E-state index contributed by atoms with van der Waals surface area (Å²) in [7, 11) is 1.66. The van der Waals surface area contributed by atoms with Gasteiger partial charge in [-0.25, -0.2) is 9.78 Å². The zero-order valence-corrected chi connectivity index (χ0v) is 4.88. The number of hydrogen-bond acceptors (Lipinski definition) is 4. The first-order chi connectivity index (χ1) is 4.33. The molecule has 0 radical (unpaired) electrons. The summed E-state index contributed by atoms with van der Waals surface area (Å²) in [5, 5.41) is 2.66. The van der Waals surface area contributed by atoms with Crippen LogP contribution in [0.1, 0.15) is 0 Å². The molecule has 5 heteroatoms. The van der Waals surface area contributed by atoms with Crippen LogP contribution in [0.4, 0.5) is 5.95 Å². The van der Waals surface area contributed by atoms with E-state index in [1.165, 1.54) is 6.33 Å². The predicted molar refractivity (Wildman–Crippen MR) is 32.2 cm³/mol. The summed E-state index contributed by atoms with van der Waals surface area (Å²) in [5.41, 5.74) is -0.394. The number of anilines is 1. The fraction of sp³-hybridized carbons (Fsp3) is 0.250. The van der Waals surface area contributed by atoms with Crippen LogP contribution in [0.5, 0.6) is 0 Å². The average Bonchev–Trinajstić information content (AvgIpc) is 1.88. The normalized spacial score (nSPS) is 9.00. The van der Waals surface area contributed by atoms with Gasteiger partial charge in [-0.2, -0.15) is 4.98 Å². The van der Waals surface area contributed by atoms with Crippen molar-refractivity contribution >= 4 is 5.95 Å². The lowest BCUT2D eigenvalue weighted by atomic mass is 10.9. The van der Waals surface area contributed by atoms with Gasteiger partial charge < -0.3 is 5.32 Å². The van der Waals surface area contributed by atoms with Gasteiger partial charge in [-0.1, -0.05) is 0 Å². The van der Waals surface area contributed by atoms with Crippen LogP contribution >= 0.6 is 0 Å². The molecule has 1 aromatic rings. The van der Waals surface area contributed by atoms with Crippen LogP contribution in [0.25, 0.3) is 0 Å². The molecule has 2 N–H and O–H groups in total. The summed E-state index contributed by atoms with van der Waals surface area (Å²) in [6, 6.07) is 0. The third kappa shape index (κ3) is 1.25. The number of hydrogen-bond donors (Lipinski definition) is 2. The van der Waals surface area contributed by atoms with Crippen LogP contribution in [0.2, 0.25) is 0 Å².